The van der Waals surface area contributed by atoms with Crippen LogP contribution in [-0.2, 0) is 0 Å². The van der Waals surface area contributed by atoms with Crippen LogP contribution < -0.4 is 0 Å². The average Bonchev–Trinajstić information content (AvgIpc) is 3.89. The number of hydrogen-bond acceptors (Lipinski definition) is 4. The largest absolute Gasteiger partial charge is 0.454 e. The summed E-state index contributed by atoms with van der Waals surface area (Å²) in [5.41, 5.74) is 12.2. The molecule has 7 aromatic carbocycles. The van der Waals surface area contributed by atoms with Crippen LogP contribution >= 0.6 is 0 Å². The van der Waals surface area contributed by atoms with Gasteiger partial charge in [-0.3, -0.25) is 8.97 Å². The maximum atomic E-state index is 6.62. The molecular formula is C47H29N5O. The van der Waals surface area contributed by atoms with Crippen LogP contribution in [0.15, 0.2) is 180 Å². The molecule has 0 N–H and O–H groups in total. The summed E-state index contributed by atoms with van der Waals surface area (Å²) in [5.74, 6) is 1.91. The van der Waals surface area contributed by atoms with Crippen molar-refractivity contribution in [2.45, 2.75) is 0 Å². The third kappa shape index (κ3) is 4.56. The van der Waals surface area contributed by atoms with E-state index in [-0.39, 0.29) is 0 Å². The van der Waals surface area contributed by atoms with Crippen molar-refractivity contribution in [3.05, 3.63) is 176 Å². The number of furan rings is 1. The van der Waals surface area contributed by atoms with Gasteiger partial charge in [0.1, 0.15) is 11.2 Å². The normalized spacial score (nSPS) is 11.8. The standard InChI is InChI=1S/C47H29N5O/c1-3-14-31(15-4-1)44-48-45(32-16-5-2-6-17-32)50-46(49-44)33-28-26-30(27-29-33)42-36-19-7-9-21-37(36)51-38-22-10-11-23-39(38)52(47(42)51)40-24-13-20-35-34-18-8-12-25-41(34)53-43(35)40/h1-29H. The summed E-state index contributed by atoms with van der Waals surface area (Å²) in [6, 6.07) is 60.8. The Hall–Kier alpha value is -7.31. The highest BCUT2D eigenvalue weighted by molar-refractivity contribution is 6.12. The number of benzene rings is 7. The molecule has 0 radical (unpaired) electrons. The molecule has 0 aliphatic rings. The molecule has 0 amide bonds. The van der Waals surface area contributed by atoms with Gasteiger partial charge in [0.2, 0.25) is 0 Å². The molecule has 11 rings (SSSR count). The second-order valence-corrected chi connectivity index (χ2v) is 13.2. The molecule has 11 aromatic rings. The lowest BCUT2D eigenvalue weighted by Crippen LogP contribution is -2.00. The summed E-state index contributed by atoms with van der Waals surface area (Å²) in [7, 11) is 0. The molecule has 53 heavy (non-hydrogen) atoms. The highest BCUT2D eigenvalue weighted by atomic mass is 16.3. The molecule has 0 bridgehead atoms. The second kappa shape index (κ2) is 11.6. The summed E-state index contributed by atoms with van der Waals surface area (Å²) in [6.07, 6.45) is 0. The van der Waals surface area contributed by atoms with Crippen molar-refractivity contribution in [3.63, 3.8) is 0 Å². The molecule has 6 heteroatoms. The minimum Gasteiger partial charge on any atom is -0.454 e. The smallest absolute Gasteiger partial charge is 0.164 e. The minimum atomic E-state index is 0.627. The molecule has 4 aromatic heterocycles. The van der Waals surface area contributed by atoms with E-state index in [1.165, 1.54) is 5.39 Å². The van der Waals surface area contributed by atoms with Crippen molar-refractivity contribution >= 4 is 49.5 Å². The van der Waals surface area contributed by atoms with E-state index in [4.69, 9.17) is 19.4 Å². The van der Waals surface area contributed by atoms with Crippen LogP contribution in [0, 0.1) is 0 Å². The topological polar surface area (TPSA) is 61.2 Å². The lowest BCUT2D eigenvalue weighted by atomic mass is 10.0. The molecule has 0 fully saturated rings. The summed E-state index contributed by atoms with van der Waals surface area (Å²) in [5, 5.41) is 3.37. The van der Waals surface area contributed by atoms with E-state index in [1.807, 2.05) is 72.8 Å². The zero-order chi connectivity index (χ0) is 34.9. The van der Waals surface area contributed by atoms with Crippen molar-refractivity contribution < 1.29 is 4.42 Å². The predicted molar refractivity (Wildman–Crippen MR) is 214 cm³/mol. The Balaban J connectivity index is 1.15. The molecule has 248 valence electrons. The van der Waals surface area contributed by atoms with Gasteiger partial charge in [-0.1, -0.05) is 146 Å². The van der Waals surface area contributed by atoms with Crippen molar-refractivity contribution in [1.29, 1.82) is 0 Å². The van der Waals surface area contributed by atoms with Gasteiger partial charge in [0, 0.05) is 38.4 Å². The maximum Gasteiger partial charge on any atom is 0.164 e. The molecule has 0 spiro atoms. The van der Waals surface area contributed by atoms with E-state index < -0.39 is 0 Å². The highest BCUT2D eigenvalue weighted by Crippen LogP contribution is 2.43. The van der Waals surface area contributed by atoms with Gasteiger partial charge in [0.15, 0.2) is 23.1 Å². The SMILES string of the molecule is c1ccc(-c2nc(-c3ccccc3)nc(-c3ccc(-c4c5ccccc5n5c6ccccc6n(-c6cccc7c6oc6ccccc67)c45)cc3)n2)cc1. The first kappa shape index (κ1) is 29.4. The van der Waals surface area contributed by atoms with Gasteiger partial charge in [0.25, 0.3) is 0 Å². The van der Waals surface area contributed by atoms with Crippen LogP contribution in [-0.4, -0.2) is 23.9 Å². The molecule has 4 heterocycles. The molecule has 0 saturated heterocycles. The Kier molecular flexibility index (Phi) is 6.45. The Morgan fingerprint density at radius 1 is 0.377 bits per heavy atom. The van der Waals surface area contributed by atoms with E-state index in [9.17, 15) is 0 Å². The second-order valence-electron chi connectivity index (χ2n) is 13.2. The lowest BCUT2D eigenvalue weighted by molar-refractivity contribution is 0.666. The Morgan fingerprint density at radius 2 is 0.887 bits per heavy atom. The summed E-state index contributed by atoms with van der Waals surface area (Å²) in [4.78, 5) is 14.8. The number of fused-ring (bicyclic) bond motifs is 8. The van der Waals surface area contributed by atoms with Gasteiger partial charge >= 0.3 is 0 Å². The van der Waals surface area contributed by atoms with E-state index in [0.29, 0.717) is 17.5 Å². The van der Waals surface area contributed by atoms with E-state index in [0.717, 1.165) is 77.6 Å². The van der Waals surface area contributed by atoms with Gasteiger partial charge < -0.3 is 4.42 Å². The monoisotopic (exact) mass is 679 g/mol. The van der Waals surface area contributed by atoms with Gasteiger partial charge in [-0.2, -0.15) is 0 Å². The molecule has 0 aliphatic carbocycles. The molecular weight excluding hydrogens is 651 g/mol. The maximum absolute atomic E-state index is 6.62. The highest BCUT2D eigenvalue weighted by Gasteiger charge is 2.24. The number of aromatic nitrogens is 5. The summed E-state index contributed by atoms with van der Waals surface area (Å²) < 4.78 is 11.4. The van der Waals surface area contributed by atoms with Crippen LogP contribution in [0.5, 0.6) is 0 Å². The van der Waals surface area contributed by atoms with Crippen molar-refractivity contribution in [1.82, 2.24) is 23.9 Å². The average molecular weight is 680 g/mol. The van der Waals surface area contributed by atoms with E-state index in [2.05, 4.69) is 112 Å². The third-order valence-corrected chi connectivity index (χ3v) is 10.2. The van der Waals surface area contributed by atoms with E-state index in [1.54, 1.807) is 0 Å². The Labute approximate surface area is 303 Å². The van der Waals surface area contributed by atoms with Crippen LogP contribution in [0.2, 0.25) is 0 Å². The van der Waals surface area contributed by atoms with Crippen LogP contribution in [0.4, 0.5) is 0 Å². The fourth-order valence-corrected chi connectivity index (χ4v) is 7.80. The Morgan fingerprint density at radius 3 is 1.57 bits per heavy atom. The first-order valence-corrected chi connectivity index (χ1v) is 17.7. The molecule has 0 saturated carbocycles. The molecule has 6 nitrogen and oxygen atoms in total. The minimum absolute atomic E-state index is 0.627. The first-order valence-electron chi connectivity index (χ1n) is 17.7. The zero-order valence-electron chi connectivity index (χ0n) is 28.4. The van der Waals surface area contributed by atoms with Crippen LogP contribution in [0.1, 0.15) is 0 Å². The number of imidazole rings is 1. The summed E-state index contributed by atoms with van der Waals surface area (Å²) in [6.45, 7) is 0. The number of rotatable bonds is 5. The molecule has 0 atom stereocenters. The fraction of sp³-hybridized carbons (Fsp3) is 0. The summed E-state index contributed by atoms with van der Waals surface area (Å²) >= 11 is 0. The van der Waals surface area contributed by atoms with Crippen molar-refractivity contribution in [2.24, 2.45) is 0 Å². The van der Waals surface area contributed by atoms with Gasteiger partial charge in [-0.15, -0.1) is 0 Å². The van der Waals surface area contributed by atoms with Gasteiger partial charge in [0.05, 0.1) is 22.2 Å². The number of nitrogens with zero attached hydrogens (tertiary/aromatic N) is 5. The Bertz CT molecular complexity index is 3100. The van der Waals surface area contributed by atoms with E-state index >= 15 is 0 Å². The number of para-hydroxylation sites is 5. The van der Waals surface area contributed by atoms with Crippen molar-refractivity contribution in [2.75, 3.05) is 0 Å². The lowest BCUT2D eigenvalue weighted by Gasteiger charge is -2.11. The quantitative estimate of drug-likeness (QED) is 0.182. The van der Waals surface area contributed by atoms with Crippen LogP contribution in [0.25, 0.3) is 100 Å². The van der Waals surface area contributed by atoms with Gasteiger partial charge in [-0.05, 0) is 35.9 Å². The third-order valence-electron chi connectivity index (χ3n) is 10.2. The zero-order valence-corrected chi connectivity index (χ0v) is 28.4. The molecule has 0 unspecified atom stereocenters. The number of hydrogen-bond donors (Lipinski definition) is 0. The first-order chi connectivity index (χ1) is 26.3. The molecule has 0 aliphatic heterocycles. The van der Waals surface area contributed by atoms with Crippen LogP contribution in [0.3, 0.4) is 0 Å². The van der Waals surface area contributed by atoms with Gasteiger partial charge in [-0.25, -0.2) is 15.0 Å². The van der Waals surface area contributed by atoms with Crippen molar-refractivity contribution in [3.8, 4) is 51.0 Å². The fourth-order valence-electron chi connectivity index (χ4n) is 7.80. The predicted octanol–water partition coefficient (Wildman–Crippen LogP) is 11.8.